The van der Waals surface area contributed by atoms with E-state index in [4.69, 9.17) is 123 Å². The lowest BCUT2D eigenvalue weighted by molar-refractivity contribution is -0.155. The molecular weight excluding hydrogens is 1130 g/mol. The van der Waals surface area contributed by atoms with Gasteiger partial charge in [0.15, 0.2) is 5.96 Å². The van der Waals surface area contributed by atoms with E-state index >= 15 is 0 Å². The summed E-state index contributed by atoms with van der Waals surface area (Å²) in [6, 6.07) is -3.03. The zero-order valence-corrected chi connectivity index (χ0v) is 45.2. The monoisotopic (exact) mass is 1210 g/mol. The Morgan fingerprint density at radius 3 is 1.19 bits per heavy atom. The van der Waals surface area contributed by atoms with Gasteiger partial charge in [0, 0.05) is 19.4 Å². The Kier molecular flexibility index (Phi) is 50.5. The maximum absolute atomic E-state index is 11.8. The first-order valence-corrected chi connectivity index (χ1v) is 23.5. The molecule has 34 N–H and O–H groups in total. The lowest BCUT2D eigenvalue weighted by Crippen LogP contribution is -2.44. The first-order valence-electron chi connectivity index (χ1n) is 23.5. The highest BCUT2D eigenvalue weighted by atomic mass is 16.6. The van der Waals surface area contributed by atoms with E-state index in [9.17, 15) is 62.3 Å². The number of carbonyl (C=O) groups is 13. The molecule has 39 nitrogen and oxygen atoms in total. The van der Waals surface area contributed by atoms with Crippen LogP contribution in [0.15, 0.2) is 24.3 Å². The molecule has 1 rings (SSSR count). The first kappa shape index (κ1) is 85.5. The normalized spacial score (nSPS) is 13.4. The molecular formula is C44H79N13O26. The van der Waals surface area contributed by atoms with E-state index in [1.165, 1.54) is 32.9 Å². The molecule has 0 fully saturated rings. The van der Waals surface area contributed by atoms with Crippen molar-refractivity contribution in [1.29, 1.82) is 5.41 Å². The molecule has 0 heterocycles. The molecule has 476 valence electrons. The van der Waals surface area contributed by atoms with Crippen LogP contribution in [0.2, 0.25) is 0 Å². The molecule has 10 atom stereocenters. The molecule has 83 heavy (non-hydrogen) atoms. The van der Waals surface area contributed by atoms with Gasteiger partial charge in [0.1, 0.15) is 72.8 Å². The van der Waals surface area contributed by atoms with Gasteiger partial charge in [0.05, 0.1) is 13.0 Å². The summed E-state index contributed by atoms with van der Waals surface area (Å²) in [6.07, 6.45) is -0.735. The Labute approximate surface area is 472 Å². The van der Waals surface area contributed by atoms with Gasteiger partial charge in [0.2, 0.25) is 0 Å². The second-order valence-corrected chi connectivity index (χ2v) is 16.4. The van der Waals surface area contributed by atoms with Crippen molar-refractivity contribution in [1.82, 2.24) is 5.32 Å². The zero-order chi connectivity index (χ0) is 66.4. The average Bonchev–Trinajstić information content (AvgIpc) is 3.38. The number of carboxylic acid groups (broad SMARTS) is 10. The minimum atomic E-state index is -1.29. The number of carboxylic acids is 10. The van der Waals surface area contributed by atoms with Crippen molar-refractivity contribution in [2.75, 3.05) is 19.7 Å². The lowest BCUT2D eigenvalue weighted by Gasteiger charge is -2.17. The van der Waals surface area contributed by atoms with E-state index in [2.05, 4.69) is 15.8 Å². The molecule has 0 radical (unpaired) electrons. The summed E-state index contributed by atoms with van der Waals surface area (Å²) in [4.78, 5) is 134. The molecule has 0 aromatic heterocycles. The van der Waals surface area contributed by atoms with Crippen LogP contribution < -0.4 is 73.1 Å². The third-order valence-corrected chi connectivity index (χ3v) is 8.64. The molecule has 39 heteroatoms. The Morgan fingerprint density at radius 2 is 0.892 bits per heavy atom. The molecule has 0 aliphatic carbocycles. The number of nitrogens with one attached hydrogen (secondary N) is 2. The smallest absolute Gasteiger partial charge is 0.331 e. The van der Waals surface area contributed by atoms with Crippen molar-refractivity contribution < 1.29 is 128 Å². The fourth-order valence-corrected chi connectivity index (χ4v) is 3.91. The van der Waals surface area contributed by atoms with Crippen molar-refractivity contribution >= 4 is 83.6 Å². The number of carbonyl (C=O) groups excluding carboxylic acids is 3. The van der Waals surface area contributed by atoms with Crippen LogP contribution in [0.5, 0.6) is 5.75 Å². The Morgan fingerprint density at radius 1 is 0.506 bits per heavy atom. The topological polar surface area (TPSA) is 774 Å². The van der Waals surface area contributed by atoms with Gasteiger partial charge in [-0.2, -0.15) is 0 Å². The summed E-state index contributed by atoms with van der Waals surface area (Å²) in [5.41, 5.74) is 57.0. The van der Waals surface area contributed by atoms with Crippen LogP contribution in [0.3, 0.4) is 0 Å². The molecule has 1 aromatic carbocycles. The predicted octanol–water partition coefficient (Wildman–Crippen LogP) is -7.47. The molecule has 0 bridgehead atoms. The highest BCUT2D eigenvalue weighted by Crippen LogP contribution is 2.14. The fourth-order valence-electron chi connectivity index (χ4n) is 3.91. The minimum Gasteiger partial charge on any atom is -0.481 e. The lowest BCUT2D eigenvalue weighted by atomic mass is 10.1. The summed E-state index contributed by atoms with van der Waals surface area (Å²) in [7, 11) is 0. The average molecular weight is 1210 g/mol. The van der Waals surface area contributed by atoms with Crippen LogP contribution in [0.4, 0.5) is 0 Å². The molecule has 0 spiro atoms. The number of rotatable bonds is 29. The third kappa shape index (κ3) is 56.3. The molecule has 0 unspecified atom stereocenters. The van der Waals surface area contributed by atoms with E-state index in [-0.39, 0.29) is 57.0 Å². The highest BCUT2D eigenvalue weighted by molar-refractivity contribution is 5.81. The van der Waals surface area contributed by atoms with Gasteiger partial charge in [0.25, 0.3) is 0 Å². The van der Waals surface area contributed by atoms with Crippen LogP contribution in [0, 0.1) is 5.41 Å². The number of benzene rings is 1. The Balaban J connectivity index is -0.000000219. The first-order chi connectivity index (χ1) is 38.0. The standard InChI is InChI=1S/C15H21N3O6.C7H14N2O4.C6H14N4O2.2C5H9NO4.C4H7NO4.C2H5NO2/c1-8(16)14(21)23-7-12(18)15(22)24-10-4-2-9(3-5-10)6-11(17)13(19)20;1-3(8)7(12)13-4(2)5(9)6(10)11;7-4(5(11)12)2-1-3-10-6(8)9;2*6-3(5(9)10)1-2-4(7)8;5-2(4(8)9)1-3(6)7;3-1-2(4)5/h2-5,8,11-12H,6-7,16-18H2,1H3,(H,19,20);3-5H,8-9H2,1-2H3,(H,10,11);4H,1-3,7H2,(H,11,12)(H4,8,9,10);2*3H,1-2,6H2,(H,7,8)(H,9,10);2H,1,5H2,(H,6,7)(H,8,9);1,3H2,(H,4,5)/t8-,11-,12-;3-,4+,5-;4-;2*3-;2-;/m000000./s1. The fraction of sp³-hybridized carbons (Fsp3) is 0.545. The number of esters is 3. The number of hydrogen-bond donors (Lipinski definition) is 23. The Hall–Kier alpha value is -8.80. The van der Waals surface area contributed by atoms with Gasteiger partial charge < -0.3 is 134 Å². The van der Waals surface area contributed by atoms with Gasteiger partial charge in [-0.1, -0.05) is 12.1 Å². The largest absolute Gasteiger partial charge is 0.481 e. The van der Waals surface area contributed by atoms with E-state index in [1.54, 1.807) is 12.1 Å². The minimum absolute atomic E-state index is 0.0231. The van der Waals surface area contributed by atoms with E-state index in [1.807, 2.05) is 0 Å². The summed E-state index contributed by atoms with van der Waals surface area (Å²) in [6.45, 7) is 4.16. The van der Waals surface area contributed by atoms with E-state index in [0.29, 0.717) is 24.9 Å². The predicted molar refractivity (Wildman–Crippen MR) is 283 cm³/mol. The van der Waals surface area contributed by atoms with Crippen molar-refractivity contribution in [2.45, 2.75) is 133 Å². The third-order valence-electron chi connectivity index (χ3n) is 8.64. The summed E-state index contributed by atoms with van der Waals surface area (Å²) < 4.78 is 14.5. The SMILES string of the molecule is C[C@H](N)C(=O)OC[C@H](N)C(=O)Oc1ccc(C[C@H](N)C(=O)O)cc1.C[C@H](N)C(=O)O[C@H](C)[C@H](N)C(=O)O.N=C(N)NCCC[C@H](N)C(=O)O.NCC(=O)O.N[C@@H](CC(=O)O)C(=O)O.N[C@@H](CCC(=O)O)C(=O)O.N[C@@H](CCC(=O)O)C(=O)O. The van der Waals surface area contributed by atoms with E-state index in [0.717, 1.165) is 0 Å². The molecule has 0 aliphatic heterocycles. The van der Waals surface area contributed by atoms with Crippen molar-refractivity contribution in [2.24, 2.45) is 63.1 Å². The highest BCUT2D eigenvalue weighted by Gasteiger charge is 2.25. The molecule has 0 amide bonds. The summed E-state index contributed by atoms with van der Waals surface area (Å²) in [5, 5.41) is 91.1. The number of ether oxygens (including phenoxy) is 3. The van der Waals surface area contributed by atoms with Crippen LogP contribution in [0.1, 0.15) is 71.3 Å². The molecule has 0 saturated heterocycles. The maximum atomic E-state index is 11.8. The maximum Gasteiger partial charge on any atom is 0.331 e. The van der Waals surface area contributed by atoms with Gasteiger partial charge in [-0.25, -0.2) is 4.79 Å². The van der Waals surface area contributed by atoms with E-state index < -0.39 is 145 Å². The second-order valence-electron chi connectivity index (χ2n) is 16.4. The molecule has 0 aliphatic rings. The number of nitrogens with two attached hydrogens (primary N) is 11. The quantitative estimate of drug-likeness (QED) is 0.0116. The Bertz CT molecular complexity index is 2170. The van der Waals surface area contributed by atoms with Crippen molar-refractivity contribution in [3.05, 3.63) is 29.8 Å². The van der Waals surface area contributed by atoms with Crippen molar-refractivity contribution in [3.8, 4) is 5.75 Å². The van der Waals surface area contributed by atoms with Gasteiger partial charge in [-0.05, 0) is 70.6 Å². The van der Waals surface area contributed by atoms with Gasteiger partial charge in [-0.3, -0.25) is 62.9 Å². The summed E-state index contributed by atoms with van der Waals surface area (Å²) in [5.74, 6) is -13.2. The van der Waals surface area contributed by atoms with Crippen LogP contribution >= 0.6 is 0 Å². The second kappa shape index (κ2) is 49.1. The zero-order valence-electron chi connectivity index (χ0n) is 45.2. The molecule has 1 aromatic rings. The van der Waals surface area contributed by atoms with Crippen LogP contribution in [-0.2, 0) is 78.2 Å². The summed E-state index contributed by atoms with van der Waals surface area (Å²) >= 11 is 0. The number of guanidine groups is 1. The van der Waals surface area contributed by atoms with Crippen molar-refractivity contribution in [3.63, 3.8) is 0 Å². The number of hydrogen-bond acceptors (Lipinski definition) is 27. The van der Waals surface area contributed by atoms with Gasteiger partial charge >= 0.3 is 77.6 Å². The van der Waals surface area contributed by atoms with Crippen LogP contribution in [-0.4, -0.2) is 215 Å². The molecule has 0 saturated carbocycles. The number of aliphatic carboxylic acids is 10. The van der Waals surface area contributed by atoms with Crippen LogP contribution in [0.25, 0.3) is 0 Å². The van der Waals surface area contributed by atoms with Gasteiger partial charge in [-0.15, -0.1) is 0 Å².